The lowest BCUT2D eigenvalue weighted by Gasteiger charge is -2.12. The molecule has 25 heavy (non-hydrogen) atoms. The normalized spacial score (nSPS) is 11.1. The average molecular weight is 376 g/mol. The highest BCUT2D eigenvalue weighted by Crippen LogP contribution is 2.36. The fourth-order valence-electron chi connectivity index (χ4n) is 1.82. The fraction of sp³-hybridized carbons (Fsp3) is 0.125. The van der Waals surface area contributed by atoms with Crippen molar-refractivity contribution in [2.75, 3.05) is 11.9 Å². The second-order valence-corrected chi connectivity index (χ2v) is 5.23. The van der Waals surface area contributed by atoms with Crippen LogP contribution in [0.5, 0.6) is 0 Å². The molecule has 2 aromatic rings. The molecule has 0 radical (unpaired) electrons. The number of nitrogens with one attached hydrogen (secondary N) is 1. The largest absolute Gasteiger partial charge is 0.452 e. The number of esters is 1. The number of hydrogen-bond acceptors (Lipinski definition) is 3. The van der Waals surface area contributed by atoms with Gasteiger partial charge in [0, 0.05) is 5.69 Å². The summed E-state index contributed by atoms with van der Waals surface area (Å²) < 4.78 is 55.7. The number of benzene rings is 2. The second-order valence-electron chi connectivity index (χ2n) is 4.82. The van der Waals surface area contributed by atoms with Crippen molar-refractivity contribution >= 4 is 29.2 Å². The highest BCUT2D eigenvalue weighted by Gasteiger charge is 2.33. The number of rotatable bonds is 4. The summed E-state index contributed by atoms with van der Waals surface area (Å²) in [5.41, 5.74) is -1.23. The zero-order valence-electron chi connectivity index (χ0n) is 12.4. The van der Waals surface area contributed by atoms with Gasteiger partial charge in [-0.25, -0.2) is 9.18 Å². The molecule has 1 N–H and O–H groups in total. The van der Waals surface area contributed by atoms with Gasteiger partial charge in [-0.05, 0) is 42.5 Å². The van der Waals surface area contributed by atoms with E-state index in [9.17, 15) is 27.2 Å². The van der Waals surface area contributed by atoms with Gasteiger partial charge in [-0.3, -0.25) is 4.79 Å². The molecule has 0 bridgehead atoms. The summed E-state index contributed by atoms with van der Waals surface area (Å²) in [4.78, 5) is 23.3. The Morgan fingerprint density at radius 3 is 2.32 bits per heavy atom. The van der Waals surface area contributed by atoms with E-state index in [0.717, 1.165) is 18.2 Å². The van der Waals surface area contributed by atoms with Crippen LogP contribution in [0.3, 0.4) is 0 Å². The number of amides is 1. The second kappa shape index (κ2) is 7.52. The molecule has 1 amide bonds. The SMILES string of the molecule is O=C(COC(=O)c1ccc(F)cc1)Nc1ccc(Cl)c(C(F)(F)F)c1. The van der Waals surface area contributed by atoms with Crippen LogP contribution in [0.25, 0.3) is 0 Å². The van der Waals surface area contributed by atoms with Crippen LogP contribution >= 0.6 is 11.6 Å². The van der Waals surface area contributed by atoms with Gasteiger partial charge in [0.15, 0.2) is 6.61 Å². The van der Waals surface area contributed by atoms with Gasteiger partial charge < -0.3 is 10.1 Å². The smallest absolute Gasteiger partial charge is 0.417 e. The molecular weight excluding hydrogens is 366 g/mol. The monoisotopic (exact) mass is 375 g/mol. The van der Waals surface area contributed by atoms with E-state index in [0.29, 0.717) is 6.07 Å². The molecule has 0 saturated carbocycles. The third-order valence-electron chi connectivity index (χ3n) is 2.97. The molecule has 0 heterocycles. The number of anilines is 1. The van der Waals surface area contributed by atoms with Crippen LogP contribution in [0.2, 0.25) is 5.02 Å². The fourth-order valence-corrected chi connectivity index (χ4v) is 2.04. The van der Waals surface area contributed by atoms with Gasteiger partial charge in [-0.2, -0.15) is 13.2 Å². The first-order valence-corrected chi connectivity index (χ1v) is 7.14. The molecule has 0 aliphatic heterocycles. The van der Waals surface area contributed by atoms with Crippen molar-refractivity contribution in [1.82, 2.24) is 0 Å². The maximum atomic E-state index is 12.7. The lowest BCUT2D eigenvalue weighted by atomic mass is 10.2. The molecule has 0 aromatic heterocycles. The Morgan fingerprint density at radius 2 is 1.72 bits per heavy atom. The van der Waals surface area contributed by atoms with Crippen molar-refractivity contribution < 1.29 is 31.9 Å². The summed E-state index contributed by atoms with van der Waals surface area (Å²) in [5, 5.41) is 1.66. The summed E-state index contributed by atoms with van der Waals surface area (Å²) >= 11 is 5.47. The van der Waals surface area contributed by atoms with Gasteiger partial charge in [0.25, 0.3) is 5.91 Å². The zero-order valence-corrected chi connectivity index (χ0v) is 13.1. The first-order valence-electron chi connectivity index (χ1n) is 6.76. The Labute approximate surface area is 144 Å². The van der Waals surface area contributed by atoms with E-state index in [1.165, 1.54) is 18.2 Å². The Balaban J connectivity index is 1.96. The van der Waals surface area contributed by atoms with Gasteiger partial charge in [0.2, 0.25) is 0 Å². The minimum absolute atomic E-state index is 0.0278. The molecule has 0 aliphatic carbocycles. The molecule has 0 saturated heterocycles. The molecule has 2 aromatic carbocycles. The minimum Gasteiger partial charge on any atom is -0.452 e. The standard InChI is InChI=1S/C16H10ClF4NO3/c17-13-6-5-11(7-12(13)16(19,20)21)22-14(23)8-25-15(24)9-1-3-10(18)4-2-9/h1-7H,8H2,(H,22,23). The molecule has 0 fully saturated rings. The molecule has 9 heteroatoms. The number of carbonyl (C=O) groups is 2. The highest BCUT2D eigenvalue weighted by atomic mass is 35.5. The summed E-state index contributed by atoms with van der Waals surface area (Å²) in [6.07, 6.45) is -4.67. The van der Waals surface area contributed by atoms with Crippen LogP contribution in [0.1, 0.15) is 15.9 Å². The highest BCUT2D eigenvalue weighted by molar-refractivity contribution is 6.31. The summed E-state index contributed by atoms with van der Waals surface area (Å²) in [6.45, 7) is -0.722. The van der Waals surface area contributed by atoms with Crippen LogP contribution in [0.15, 0.2) is 42.5 Å². The molecule has 0 aliphatic rings. The third-order valence-corrected chi connectivity index (χ3v) is 3.30. The van der Waals surface area contributed by atoms with E-state index in [1.807, 2.05) is 0 Å². The number of alkyl halides is 3. The van der Waals surface area contributed by atoms with Gasteiger partial charge in [-0.15, -0.1) is 0 Å². The molecule has 2 rings (SSSR count). The van der Waals surface area contributed by atoms with Crippen LogP contribution in [-0.4, -0.2) is 18.5 Å². The first-order chi connectivity index (χ1) is 11.7. The number of ether oxygens (including phenoxy) is 1. The predicted octanol–water partition coefficient (Wildman–Crippen LogP) is 4.29. The molecule has 132 valence electrons. The Kier molecular flexibility index (Phi) is 5.63. The van der Waals surface area contributed by atoms with Crippen molar-refractivity contribution in [3.63, 3.8) is 0 Å². The van der Waals surface area contributed by atoms with E-state index in [2.05, 4.69) is 5.32 Å². The summed E-state index contributed by atoms with van der Waals surface area (Å²) in [7, 11) is 0. The van der Waals surface area contributed by atoms with Gasteiger partial charge in [0.05, 0.1) is 16.1 Å². The summed E-state index contributed by atoms with van der Waals surface area (Å²) in [5.74, 6) is -2.26. The van der Waals surface area contributed by atoms with E-state index < -0.39 is 41.1 Å². The van der Waals surface area contributed by atoms with E-state index in [-0.39, 0.29) is 11.3 Å². The maximum Gasteiger partial charge on any atom is 0.417 e. The Morgan fingerprint density at radius 1 is 1.08 bits per heavy atom. The third kappa shape index (κ3) is 5.18. The molecule has 4 nitrogen and oxygen atoms in total. The van der Waals surface area contributed by atoms with Crippen LogP contribution < -0.4 is 5.32 Å². The lowest BCUT2D eigenvalue weighted by Crippen LogP contribution is -2.21. The van der Waals surface area contributed by atoms with Gasteiger partial charge in [-0.1, -0.05) is 11.6 Å². The molecule has 0 spiro atoms. The Hall–Kier alpha value is -2.61. The maximum absolute atomic E-state index is 12.7. The van der Waals surface area contributed by atoms with Crippen molar-refractivity contribution in [3.8, 4) is 0 Å². The van der Waals surface area contributed by atoms with Gasteiger partial charge >= 0.3 is 12.1 Å². The average Bonchev–Trinajstić information content (AvgIpc) is 2.54. The predicted molar refractivity (Wildman–Crippen MR) is 81.8 cm³/mol. The number of hydrogen-bond donors (Lipinski definition) is 1. The number of carbonyl (C=O) groups excluding carboxylic acids is 2. The van der Waals surface area contributed by atoms with Gasteiger partial charge in [0.1, 0.15) is 5.82 Å². The van der Waals surface area contributed by atoms with Crippen molar-refractivity contribution in [2.45, 2.75) is 6.18 Å². The van der Waals surface area contributed by atoms with E-state index >= 15 is 0 Å². The van der Waals surface area contributed by atoms with Crippen LogP contribution in [0.4, 0.5) is 23.2 Å². The quantitative estimate of drug-likeness (QED) is 0.640. The first kappa shape index (κ1) is 18.7. The zero-order chi connectivity index (χ0) is 18.6. The molecule has 0 unspecified atom stereocenters. The lowest BCUT2D eigenvalue weighted by molar-refractivity contribution is -0.137. The van der Waals surface area contributed by atoms with Crippen molar-refractivity contribution in [2.24, 2.45) is 0 Å². The van der Waals surface area contributed by atoms with Crippen LogP contribution in [0, 0.1) is 5.82 Å². The van der Waals surface area contributed by atoms with Crippen molar-refractivity contribution in [1.29, 1.82) is 0 Å². The number of halogens is 5. The molecular formula is C16H10ClF4NO3. The minimum atomic E-state index is -4.67. The topological polar surface area (TPSA) is 55.4 Å². The Bertz CT molecular complexity index is 791. The molecule has 0 atom stereocenters. The summed E-state index contributed by atoms with van der Waals surface area (Å²) in [6, 6.07) is 7.27. The van der Waals surface area contributed by atoms with Crippen molar-refractivity contribution in [3.05, 3.63) is 64.4 Å². The van der Waals surface area contributed by atoms with Crippen LogP contribution in [-0.2, 0) is 15.7 Å². The van der Waals surface area contributed by atoms with E-state index in [4.69, 9.17) is 16.3 Å². The van der Waals surface area contributed by atoms with E-state index in [1.54, 1.807) is 0 Å².